The number of pyridine rings is 2. The van der Waals surface area contributed by atoms with E-state index in [-0.39, 0.29) is 24.4 Å². The van der Waals surface area contributed by atoms with Crippen molar-refractivity contribution in [3.8, 4) is 0 Å². The molecule has 1 saturated carbocycles. The summed E-state index contributed by atoms with van der Waals surface area (Å²) in [5.74, 6) is -0.0918. The minimum Gasteiger partial charge on any atom is -0.382 e. The lowest BCUT2D eigenvalue weighted by Crippen LogP contribution is -2.42. The monoisotopic (exact) mass is 559 g/mol. The molecule has 1 aliphatic carbocycles. The number of aromatic nitrogens is 3. The Kier molecular flexibility index (Phi) is 6.63. The second kappa shape index (κ2) is 9.72. The van der Waals surface area contributed by atoms with Gasteiger partial charge in [-0.15, -0.1) is 0 Å². The van der Waals surface area contributed by atoms with Gasteiger partial charge in [-0.25, -0.2) is 9.97 Å². The Hall–Kier alpha value is -3.14. The summed E-state index contributed by atoms with van der Waals surface area (Å²) in [6, 6.07) is 8.12. The van der Waals surface area contributed by atoms with E-state index in [1.807, 2.05) is 19.1 Å². The largest absolute Gasteiger partial charge is 0.433 e. The number of rotatable bonds is 5. The number of alkyl halides is 3. The van der Waals surface area contributed by atoms with Gasteiger partial charge in [-0.1, -0.05) is 11.6 Å². The molecule has 10 heteroatoms. The van der Waals surface area contributed by atoms with E-state index < -0.39 is 11.9 Å². The average Bonchev–Trinajstić information content (AvgIpc) is 3.20. The van der Waals surface area contributed by atoms with Crippen molar-refractivity contribution in [2.24, 2.45) is 0 Å². The number of nitrogens with zero attached hydrogens (tertiary/aromatic N) is 2. The van der Waals surface area contributed by atoms with Crippen LogP contribution in [0.2, 0.25) is 0 Å². The van der Waals surface area contributed by atoms with Crippen LogP contribution in [0.15, 0.2) is 47.2 Å². The molecule has 3 N–H and O–H groups in total. The van der Waals surface area contributed by atoms with Crippen LogP contribution in [0.25, 0.3) is 21.9 Å². The van der Waals surface area contributed by atoms with Gasteiger partial charge in [0.15, 0.2) is 0 Å². The van der Waals surface area contributed by atoms with Gasteiger partial charge in [0.1, 0.15) is 11.3 Å². The van der Waals surface area contributed by atoms with Crippen molar-refractivity contribution in [1.29, 1.82) is 0 Å². The molecule has 1 aromatic carbocycles. The van der Waals surface area contributed by atoms with Crippen LogP contribution in [-0.2, 0) is 17.4 Å². The topological polar surface area (TPSA) is 82.7 Å². The number of nitrogens with one attached hydrogen (secondary N) is 3. The van der Waals surface area contributed by atoms with Gasteiger partial charge in [-0.2, -0.15) is 13.2 Å². The fraction of sp³-hybridized carbons (Fsp3) is 0.346. The summed E-state index contributed by atoms with van der Waals surface area (Å²) in [6.07, 6.45) is 2.30. The van der Waals surface area contributed by atoms with Crippen molar-refractivity contribution in [3.63, 3.8) is 0 Å². The molecule has 3 aromatic heterocycles. The highest BCUT2D eigenvalue weighted by Gasteiger charge is 2.34. The summed E-state index contributed by atoms with van der Waals surface area (Å²) in [5, 5.41) is 8.00. The predicted molar refractivity (Wildman–Crippen MR) is 137 cm³/mol. The summed E-state index contributed by atoms with van der Waals surface area (Å²) in [6.45, 7) is 1.90. The Morgan fingerprint density at radius 3 is 2.78 bits per heavy atom. The number of carbonyl (C=O) groups excluding carboxylic acids is 1. The first-order valence-corrected chi connectivity index (χ1v) is 12.6. The Morgan fingerprint density at radius 2 is 1.97 bits per heavy atom. The van der Waals surface area contributed by atoms with E-state index in [0.29, 0.717) is 23.0 Å². The van der Waals surface area contributed by atoms with Crippen molar-refractivity contribution < 1.29 is 18.0 Å². The predicted octanol–water partition coefficient (Wildman–Crippen LogP) is 6.28. The lowest BCUT2D eigenvalue weighted by molar-refractivity contribution is -0.140. The van der Waals surface area contributed by atoms with Gasteiger partial charge < -0.3 is 15.6 Å². The van der Waals surface area contributed by atoms with E-state index in [1.54, 1.807) is 24.5 Å². The molecule has 0 bridgehead atoms. The zero-order valence-electron chi connectivity index (χ0n) is 19.5. The average molecular weight is 560 g/mol. The maximum Gasteiger partial charge on any atom is 0.433 e. The van der Waals surface area contributed by atoms with Crippen LogP contribution in [0, 0.1) is 6.92 Å². The van der Waals surface area contributed by atoms with Crippen molar-refractivity contribution >= 4 is 49.5 Å². The molecule has 0 radical (unpaired) electrons. The normalized spacial score (nSPS) is 18.5. The van der Waals surface area contributed by atoms with Crippen molar-refractivity contribution in [3.05, 3.63) is 64.0 Å². The third kappa shape index (κ3) is 5.33. The molecule has 6 nitrogen and oxygen atoms in total. The van der Waals surface area contributed by atoms with Crippen molar-refractivity contribution in [2.75, 3.05) is 5.32 Å². The number of anilines is 1. The summed E-state index contributed by atoms with van der Waals surface area (Å²) >= 11 is 3.41. The van der Waals surface area contributed by atoms with E-state index in [9.17, 15) is 18.0 Å². The van der Waals surface area contributed by atoms with Gasteiger partial charge in [-0.05, 0) is 78.4 Å². The van der Waals surface area contributed by atoms with Crippen LogP contribution in [0.1, 0.15) is 42.5 Å². The molecular weight excluding hydrogens is 535 g/mol. The Labute approximate surface area is 214 Å². The molecule has 0 spiro atoms. The minimum atomic E-state index is -4.54. The van der Waals surface area contributed by atoms with E-state index in [0.717, 1.165) is 52.0 Å². The summed E-state index contributed by atoms with van der Waals surface area (Å²) in [5.41, 5.74) is 2.34. The molecule has 4 aromatic rings. The summed E-state index contributed by atoms with van der Waals surface area (Å²) < 4.78 is 41.3. The number of H-pyrrole nitrogens is 1. The smallest absolute Gasteiger partial charge is 0.382 e. The second-order valence-electron chi connectivity index (χ2n) is 9.39. The van der Waals surface area contributed by atoms with E-state index >= 15 is 0 Å². The highest BCUT2D eigenvalue weighted by Crippen LogP contribution is 2.35. The zero-order chi connectivity index (χ0) is 25.4. The molecule has 1 aliphatic rings. The van der Waals surface area contributed by atoms with E-state index in [1.165, 1.54) is 0 Å². The van der Waals surface area contributed by atoms with Gasteiger partial charge in [0.25, 0.3) is 0 Å². The number of hydrogen-bond donors (Lipinski definition) is 3. The van der Waals surface area contributed by atoms with Crippen LogP contribution in [0.3, 0.4) is 0 Å². The molecular formula is C26H25BrF3N5O. The van der Waals surface area contributed by atoms with E-state index in [4.69, 9.17) is 0 Å². The van der Waals surface area contributed by atoms with Gasteiger partial charge in [-0.3, -0.25) is 4.79 Å². The fourth-order valence-corrected chi connectivity index (χ4v) is 5.24. The Bertz CT molecular complexity index is 1430. The standard InChI is InChI=1S/C26H25BrF3N5O/c1-14-5-6-21-20(7-14)22(11-23(35-21)26(28,29)30)33-17-3-2-4-18(10-17)34-24(36)8-15-12-31-25-19(15)9-16(27)13-32-25/h5-7,9,11-13,17-18H,2-4,8,10H2,1H3,(H,31,32)(H,33,35)(H,34,36)/t17-,18+/m0/s1. The number of hydrogen-bond acceptors (Lipinski definition) is 4. The Morgan fingerprint density at radius 1 is 1.17 bits per heavy atom. The number of aromatic amines is 1. The van der Waals surface area contributed by atoms with Crippen LogP contribution in [-0.4, -0.2) is 32.9 Å². The molecule has 0 aliphatic heterocycles. The number of amides is 1. The highest BCUT2D eigenvalue weighted by atomic mass is 79.9. The first-order chi connectivity index (χ1) is 17.2. The molecule has 5 rings (SSSR count). The van der Waals surface area contributed by atoms with Crippen LogP contribution in [0.5, 0.6) is 0 Å². The SMILES string of the molecule is Cc1ccc2nc(C(F)(F)F)cc(N[C@H]3CCC[C@@H](NC(=O)Cc4c[nH]c5ncc(Br)cc45)C3)c2c1. The lowest BCUT2D eigenvalue weighted by atomic mass is 9.90. The van der Waals surface area contributed by atoms with Gasteiger partial charge in [0.05, 0.1) is 11.9 Å². The lowest BCUT2D eigenvalue weighted by Gasteiger charge is -2.31. The summed E-state index contributed by atoms with van der Waals surface area (Å²) in [4.78, 5) is 24.0. The molecule has 188 valence electrons. The molecule has 2 atom stereocenters. The molecule has 1 fully saturated rings. The Balaban J connectivity index is 1.29. The van der Waals surface area contributed by atoms with Gasteiger partial charge in [0, 0.05) is 45.4 Å². The number of halogens is 4. The van der Waals surface area contributed by atoms with E-state index in [2.05, 4.69) is 41.5 Å². The van der Waals surface area contributed by atoms with Gasteiger partial charge >= 0.3 is 6.18 Å². The molecule has 0 saturated heterocycles. The van der Waals surface area contributed by atoms with Gasteiger partial charge in [0.2, 0.25) is 5.91 Å². The van der Waals surface area contributed by atoms with Crippen LogP contribution >= 0.6 is 15.9 Å². The minimum absolute atomic E-state index is 0.0595. The first kappa shape index (κ1) is 24.5. The number of carbonyl (C=O) groups is 1. The summed E-state index contributed by atoms with van der Waals surface area (Å²) in [7, 11) is 0. The maximum atomic E-state index is 13.5. The molecule has 1 amide bonds. The first-order valence-electron chi connectivity index (χ1n) is 11.8. The third-order valence-electron chi connectivity index (χ3n) is 6.59. The molecule has 0 unspecified atom stereocenters. The quantitative estimate of drug-likeness (QED) is 0.268. The van der Waals surface area contributed by atoms with Crippen LogP contribution < -0.4 is 10.6 Å². The zero-order valence-corrected chi connectivity index (χ0v) is 21.1. The molecule has 3 heterocycles. The van der Waals surface area contributed by atoms with Crippen molar-refractivity contribution in [2.45, 2.75) is 57.3 Å². The number of benzene rings is 1. The van der Waals surface area contributed by atoms with Crippen LogP contribution in [0.4, 0.5) is 18.9 Å². The number of aryl methyl sites for hydroxylation is 1. The third-order valence-corrected chi connectivity index (χ3v) is 7.02. The second-order valence-corrected chi connectivity index (χ2v) is 10.3. The fourth-order valence-electron chi connectivity index (χ4n) is 4.91. The van der Waals surface area contributed by atoms with Crippen molar-refractivity contribution in [1.82, 2.24) is 20.3 Å². The highest BCUT2D eigenvalue weighted by molar-refractivity contribution is 9.10. The number of fused-ring (bicyclic) bond motifs is 2. The molecule has 36 heavy (non-hydrogen) atoms. The maximum absolute atomic E-state index is 13.5.